The summed E-state index contributed by atoms with van der Waals surface area (Å²) in [6.45, 7) is 2.31. The molecule has 6 nitrogen and oxygen atoms in total. The van der Waals surface area contributed by atoms with Crippen LogP contribution in [-0.4, -0.2) is 39.6 Å². The largest absolute Gasteiger partial charge is 0.350 e. The van der Waals surface area contributed by atoms with Crippen molar-refractivity contribution in [1.29, 1.82) is 0 Å². The van der Waals surface area contributed by atoms with Crippen molar-refractivity contribution >= 4 is 23.4 Å². The molecule has 0 spiro atoms. The average Bonchev–Trinajstić information content (AvgIpc) is 3.13. The number of nitrogens with zero attached hydrogens (tertiary/aromatic N) is 3. The number of aromatic nitrogens is 2. The molecule has 0 fully saturated rings. The monoisotopic (exact) mass is 422 g/mol. The van der Waals surface area contributed by atoms with Gasteiger partial charge in [0, 0.05) is 37.3 Å². The van der Waals surface area contributed by atoms with Crippen molar-refractivity contribution in [2.45, 2.75) is 25.9 Å². The Hall–Kier alpha value is -3.12. The van der Waals surface area contributed by atoms with Crippen molar-refractivity contribution in [3.8, 4) is 0 Å². The van der Waals surface area contributed by atoms with E-state index in [0.29, 0.717) is 43.3 Å². The van der Waals surface area contributed by atoms with Crippen molar-refractivity contribution in [2.24, 2.45) is 0 Å². The van der Waals surface area contributed by atoms with Gasteiger partial charge in [0.25, 0.3) is 11.8 Å². The second-order valence-electron chi connectivity index (χ2n) is 7.34. The van der Waals surface area contributed by atoms with Crippen LogP contribution in [0.3, 0.4) is 0 Å². The standard InChI is InChI=1S/C23H23ClN4O2/c24-19-9-7-17(8-10-19)11-12-25-22(29)20-15-21-23(30)27(13-4-14-28(21)26-20)16-18-5-2-1-3-6-18/h1-3,5-10,15H,4,11-14,16H2,(H,25,29). The van der Waals surface area contributed by atoms with E-state index in [1.165, 1.54) is 0 Å². The molecule has 2 aromatic carbocycles. The van der Waals surface area contributed by atoms with Crippen molar-refractivity contribution in [3.05, 3.63) is 88.2 Å². The average molecular weight is 423 g/mol. The highest BCUT2D eigenvalue weighted by Crippen LogP contribution is 2.17. The van der Waals surface area contributed by atoms with Gasteiger partial charge in [-0.3, -0.25) is 14.3 Å². The molecule has 0 unspecified atom stereocenters. The first-order valence-electron chi connectivity index (χ1n) is 10.0. The zero-order valence-electron chi connectivity index (χ0n) is 16.6. The molecule has 0 bridgehead atoms. The van der Waals surface area contributed by atoms with Gasteiger partial charge in [0.1, 0.15) is 5.69 Å². The summed E-state index contributed by atoms with van der Waals surface area (Å²) in [7, 11) is 0. The highest BCUT2D eigenvalue weighted by Gasteiger charge is 2.26. The lowest BCUT2D eigenvalue weighted by molar-refractivity contribution is 0.0745. The maximum absolute atomic E-state index is 13.0. The van der Waals surface area contributed by atoms with Gasteiger partial charge in [0.05, 0.1) is 0 Å². The van der Waals surface area contributed by atoms with Gasteiger partial charge in [0.15, 0.2) is 5.69 Å². The zero-order valence-corrected chi connectivity index (χ0v) is 17.3. The molecule has 1 aliphatic rings. The zero-order chi connectivity index (χ0) is 20.9. The van der Waals surface area contributed by atoms with E-state index in [4.69, 9.17) is 11.6 Å². The van der Waals surface area contributed by atoms with Gasteiger partial charge < -0.3 is 10.2 Å². The summed E-state index contributed by atoms with van der Waals surface area (Å²) in [5.41, 5.74) is 2.91. The van der Waals surface area contributed by atoms with Crippen molar-refractivity contribution in [2.75, 3.05) is 13.1 Å². The molecule has 30 heavy (non-hydrogen) atoms. The predicted molar refractivity (Wildman–Crippen MR) is 116 cm³/mol. The summed E-state index contributed by atoms with van der Waals surface area (Å²) in [5.74, 6) is -0.365. The van der Waals surface area contributed by atoms with Gasteiger partial charge in [-0.2, -0.15) is 5.10 Å². The summed E-state index contributed by atoms with van der Waals surface area (Å²) in [6.07, 6.45) is 1.49. The second kappa shape index (κ2) is 9.13. The molecule has 1 aromatic heterocycles. The maximum atomic E-state index is 13.0. The molecule has 7 heteroatoms. The third-order valence-corrected chi connectivity index (χ3v) is 5.40. The summed E-state index contributed by atoms with van der Waals surface area (Å²) < 4.78 is 1.65. The SMILES string of the molecule is O=C(NCCc1ccc(Cl)cc1)c1cc2n(n1)CCCN(Cc1ccccc1)C2=O. The third-order valence-electron chi connectivity index (χ3n) is 5.15. The molecular weight excluding hydrogens is 400 g/mol. The number of rotatable bonds is 6. The van der Waals surface area contributed by atoms with Gasteiger partial charge in [-0.25, -0.2) is 0 Å². The second-order valence-corrected chi connectivity index (χ2v) is 7.77. The predicted octanol–water partition coefficient (Wildman–Crippen LogP) is 3.56. The van der Waals surface area contributed by atoms with Crippen LogP contribution in [0.4, 0.5) is 0 Å². The van der Waals surface area contributed by atoms with E-state index in [-0.39, 0.29) is 17.5 Å². The van der Waals surface area contributed by atoms with Gasteiger partial charge in [-0.15, -0.1) is 0 Å². The Morgan fingerprint density at radius 1 is 1.03 bits per heavy atom. The van der Waals surface area contributed by atoms with Gasteiger partial charge in [-0.05, 0) is 36.1 Å². The Morgan fingerprint density at radius 2 is 1.80 bits per heavy atom. The Bertz CT molecular complexity index is 1030. The summed E-state index contributed by atoms with van der Waals surface area (Å²) in [6, 6.07) is 19.0. The van der Waals surface area contributed by atoms with Crippen molar-refractivity contribution in [1.82, 2.24) is 20.0 Å². The molecule has 3 aromatic rings. The molecule has 0 atom stereocenters. The number of carbonyl (C=O) groups is 2. The van der Waals surface area contributed by atoms with Crippen LogP contribution in [0.5, 0.6) is 0 Å². The first kappa shape index (κ1) is 20.2. The van der Waals surface area contributed by atoms with Crippen molar-refractivity contribution < 1.29 is 9.59 Å². The lowest BCUT2D eigenvalue weighted by Crippen LogP contribution is -2.30. The molecule has 1 aliphatic heterocycles. The molecule has 0 aliphatic carbocycles. The number of fused-ring (bicyclic) bond motifs is 1. The van der Waals surface area contributed by atoms with Crippen LogP contribution in [-0.2, 0) is 19.5 Å². The Balaban J connectivity index is 1.40. The van der Waals surface area contributed by atoms with Crippen molar-refractivity contribution in [3.63, 3.8) is 0 Å². The Labute approximate surface area is 180 Å². The summed E-state index contributed by atoms with van der Waals surface area (Å²) in [5, 5.41) is 7.95. The summed E-state index contributed by atoms with van der Waals surface area (Å²) >= 11 is 5.89. The maximum Gasteiger partial charge on any atom is 0.272 e. The lowest BCUT2D eigenvalue weighted by Gasteiger charge is -2.20. The van der Waals surface area contributed by atoms with E-state index in [1.54, 1.807) is 10.7 Å². The minimum Gasteiger partial charge on any atom is -0.350 e. The van der Waals surface area contributed by atoms with Gasteiger partial charge in [0.2, 0.25) is 0 Å². The number of benzene rings is 2. The van der Waals surface area contributed by atoms with Crippen LogP contribution in [0.2, 0.25) is 5.02 Å². The molecule has 0 saturated carbocycles. The van der Waals surface area contributed by atoms with Crippen LogP contribution in [0.1, 0.15) is 38.5 Å². The highest BCUT2D eigenvalue weighted by atomic mass is 35.5. The van der Waals surface area contributed by atoms with Crippen LogP contribution in [0, 0.1) is 0 Å². The first-order chi connectivity index (χ1) is 14.6. The van der Waals surface area contributed by atoms with E-state index in [2.05, 4.69) is 10.4 Å². The number of hydrogen-bond acceptors (Lipinski definition) is 3. The number of halogens is 1. The van der Waals surface area contributed by atoms with E-state index < -0.39 is 0 Å². The molecule has 2 amide bonds. The normalized spacial score (nSPS) is 13.6. The van der Waals surface area contributed by atoms with Crippen LogP contribution >= 0.6 is 11.6 Å². The van der Waals surface area contributed by atoms with E-state index in [1.807, 2.05) is 59.5 Å². The fourth-order valence-electron chi connectivity index (χ4n) is 3.56. The number of amides is 2. The number of hydrogen-bond donors (Lipinski definition) is 1. The molecule has 2 heterocycles. The quantitative estimate of drug-likeness (QED) is 0.660. The van der Waals surface area contributed by atoms with E-state index >= 15 is 0 Å². The van der Waals surface area contributed by atoms with Gasteiger partial charge in [-0.1, -0.05) is 54.1 Å². The molecule has 4 rings (SSSR count). The number of aryl methyl sites for hydroxylation is 1. The third kappa shape index (κ3) is 4.71. The minimum absolute atomic E-state index is 0.0935. The lowest BCUT2D eigenvalue weighted by atomic mass is 10.1. The van der Waals surface area contributed by atoms with E-state index in [9.17, 15) is 9.59 Å². The molecule has 154 valence electrons. The van der Waals surface area contributed by atoms with E-state index in [0.717, 1.165) is 17.5 Å². The summed E-state index contributed by atoms with van der Waals surface area (Å²) in [4.78, 5) is 27.4. The fraction of sp³-hybridized carbons (Fsp3) is 0.261. The molecule has 0 saturated heterocycles. The topological polar surface area (TPSA) is 67.2 Å². The number of carbonyl (C=O) groups excluding carboxylic acids is 2. The van der Waals surface area contributed by atoms with Gasteiger partial charge >= 0.3 is 0 Å². The van der Waals surface area contributed by atoms with Crippen LogP contribution < -0.4 is 5.32 Å². The molecule has 1 N–H and O–H groups in total. The minimum atomic E-state index is -0.271. The fourth-order valence-corrected chi connectivity index (χ4v) is 3.69. The van der Waals surface area contributed by atoms with Crippen LogP contribution in [0.25, 0.3) is 0 Å². The first-order valence-corrected chi connectivity index (χ1v) is 10.4. The Kier molecular flexibility index (Phi) is 6.14. The van der Waals surface area contributed by atoms with Crippen LogP contribution in [0.15, 0.2) is 60.7 Å². The number of nitrogens with one attached hydrogen (secondary N) is 1. The smallest absolute Gasteiger partial charge is 0.272 e. The highest BCUT2D eigenvalue weighted by molar-refractivity contribution is 6.30. The Morgan fingerprint density at radius 3 is 2.57 bits per heavy atom. The molecular formula is C23H23ClN4O2. The molecule has 0 radical (unpaired) electrons.